The number of carbonyl (C=O) groups excluding carboxylic acids is 1. The van der Waals surface area contributed by atoms with Gasteiger partial charge in [-0.15, -0.1) is 0 Å². The third-order valence-corrected chi connectivity index (χ3v) is 6.11. The lowest BCUT2D eigenvalue weighted by atomic mass is 10.2. The normalized spacial score (nSPS) is 17.6. The molecule has 1 N–H and O–H groups in total. The van der Waals surface area contributed by atoms with E-state index >= 15 is 0 Å². The zero-order valence-electron chi connectivity index (χ0n) is 26.9. The third kappa shape index (κ3) is 18.6. The summed E-state index contributed by atoms with van der Waals surface area (Å²) in [5.41, 5.74) is 0.261. The van der Waals surface area contributed by atoms with E-state index in [2.05, 4.69) is 0 Å². The molecule has 0 atom stereocenters. The molecular formula is C33H48O14. The second-order valence-corrected chi connectivity index (χ2v) is 9.70. The predicted molar refractivity (Wildman–Crippen MR) is 168 cm³/mol. The molecule has 0 aromatic heterocycles. The van der Waals surface area contributed by atoms with Crippen LogP contribution in [0.2, 0.25) is 0 Å². The Hall–Kier alpha value is -3.21. The fraction of sp³-hybridized carbons (Fsp3) is 0.606. The molecule has 0 spiro atoms. The first-order valence-electron chi connectivity index (χ1n) is 15.8. The summed E-state index contributed by atoms with van der Waals surface area (Å²) in [7, 11) is 0. The highest BCUT2D eigenvalue weighted by Crippen LogP contribution is 2.24. The van der Waals surface area contributed by atoms with Gasteiger partial charge in [-0.1, -0.05) is 0 Å². The molecule has 264 valence electrons. The molecule has 2 aromatic rings. The second kappa shape index (κ2) is 25.8. The average Bonchev–Trinajstić information content (AvgIpc) is 3.08. The zero-order chi connectivity index (χ0) is 33.0. The maximum Gasteiger partial charge on any atom is 0.338 e. The minimum Gasteiger partial charge on any atom is -0.491 e. The van der Waals surface area contributed by atoms with Gasteiger partial charge >= 0.3 is 5.97 Å². The molecule has 2 aliphatic heterocycles. The van der Waals surface area contributed by atoms with Crippen LogP contribution in [-0.4, -0.2) is 143 Å². The molecule has 0 aliphatic carbocycles. The SMILES string of the molecule is O=C(OCCOCCO)c1cc2cc(c1)OCCOCCOCCOCCOc1ccc(cc1)OCCOCCOCCOCCO2. The number of ether oxygens (including phenoxy) is 12. The zero-order valence-corrected chi connectivity index (χ0v) is 26.9. The second-order valence-electron chi connectivity index (χ2n) is 9.70. The first-order valence-corrected chi connectivity index (χ1v) is 15.8. The van der Waals surface area contributed by atoms with Gasteiger partial charge in [0.15, 0.2) is 0 Å². The van der Waals surface area contributed by atoms with Crippen molar-refractivity contribution >= 4 is 5.97 Å². The minimum atomic E-state index is -0.555. The van der Waals surface area contributed by atoms with Crippen molar-refractivity contribution in [2.75, 3.05) is 132 Å². The van der Waals surface area contributed by atoms with Crippen molar-refractivity contribution in [2.45, 2.75) is 0 Å². The largest absolute Gasteiger partial charge is 0.491 e. The standard InChI is InChI=1S/C33H48O14/c34-5-6-36-19-24-47-33(35)28-25-31-27-32(26-28)46-23-18-42-14-10-38-8-12-40-16-21-44-30-2-1-29(3-4-30)43-20-15-39-11-7-37-9-13-41-17-22-45-31/h1-4,25-27,34H,5-24H2. The van der Waals surface area contributed by atoms with E-state index in [1.807, 2.05) is 24.3 Å². The summed E-state index contributed by atoms with van der Waals surface area (Å²) in [6, 6.07) is 12.2. The highest BCUT2D eigenvalue weighted by Gasteiger charge is 2.12. The van der Waals surface area contributed by atoms with Crippen LogP contribution in [0.15, 0.2) is 42.5 Å². The van der Waals surface area contributed by atoms with Crippen molar-refractivity contribution in [3.63, 3.8) is 0 Å². The van der Waals surface area contributed by atoms with Crippen LogP contribution in [0.3, 0.4) is 0 Å². The van der Waals surface area contributed by atoms with E-state index in [1.54, 1.807) is 18.2 Å². The number of hydrogen-bond donors (Lipinski definition) is 1. The van der Waals surface area contributed by atoms with E-state index in [9.17, 15) is 4.79 Å². The number of rotatable bonds is 6. The van der Waals surface area contributed by atoms with Crippen molar-refractivity contribution in [2.24, 2.45) is 0 Å². The molecule has 4 rings (SSSR count). The van der Waals surface area contributed by atoms with Crippen LogP contribution in [0.25, 0.3) is 0 Å². The Morgan fingerprint density at radius 1 is 0.489 bits per heavy atom. The summed E-state index contributed by atoms with van der Waals surface area (Å²) in [6.45, 7) is 6.51. The maximum absolute atomic E-state index is 12.6. The summed E-state index contributed by atoms with van der Waals surface area (Å²) in [6.07, 6.45) is 0. The smallest absolute Gasteiger partial charge is 0.338 e. The molecule has 0 radical (unpaired) electrons. The van der Waals surface area contributed by atoms with Crippen molar-refractivity contribution in [1.29, 1.82) is 0 Å². The van der Waals surface area contributed by atoms with E-state index in [0.29, 0.717) is 104 Å². The van der Waals surface area contributed by atoms with Gasteiger partial charge in [0.05, 0.1) is 105 Å². The lowest BCUT2D eigenvalue weighted by molar-refractivity contribution is 0.00478. The highest BCUT2D eigenvalue weighted by molar-refractivity contribution is 5.90. The van der Waals surface area contributed by atoms with Crippen molar-refractivity contribution in [3.05, 3.63) is 48.0 Å². The summed E-state index contributed by atoms with van der Waals surface area (Å²) >= 11 is 0. The van der Waals surface area contributed by atoms with E-state index < -0.39 is 5.97 Å². The van der Waals surface area contributed by atoms with Crippen molar-refractivity contribution in [1.82, 2.24) is 0 Å². The molecule has 14 nitrogen and oxygen atoms in total. The van der Waals surface area contributed by atoms with Gasteiger partial charge in [-0.3, -0.25) is 0 Å². The monoisotopic (exact) mass is 668 g/mol. The van der Waals surface area contributed by atoms with Crippen LogP contribution in [0.5, 0.6) is 23.0 Å². The van der Waals surface area contributed by atoms with Crippen molar-refractivity contribution in [3.8, 4) is 23.0 Å². The van der Waals surface area contributed by atoms with Gasteiger partial charge in [0, 0.05) is 6.07 Å². The van der Waals surface area contributed by atoms with Crippen molar-refractivity contribution < 1.29 is 66.7 Å². The summed E-state index contributed by atoms with van der Waals surface area (Å²) in [4.78, 5) is 12.6. The predicted octanol–water partition coefficient (Wildman–Crippen LogP) is 2.18. The first-order chi connectivity index (χ1) is 23.2. The molecule has 0 saturated heterocycles. The van der Waals surface area contributed by atoms with E-state index in [-0.39, 0.29) is 45.2 Å². The third-order valence-electron chi connectivity index (χ3n) is 6.11. The average molecular weight is 669 g/mol. The Bertz CT molecular complexity index is 1000. The van der Waals surface area contributed by atoms with Crippen LogP contribution >= 0.6 is 0 Å². The minimum absolute atomic E-state index is 0.0433. The molecular weight excluding hydrogens is 620 g/mol. The Labute approximate surface area is 275 Å². The van der Waals surface area contributed by atoms with Gasteiger partial charge in [0.2, 0.25) is 0 Å². The highest BCUT2D eigenvalue weighted by atomic mass is 16.6. The van der Waals surface area contributed by atoms with Gasteiger partial charge in [-0.25, -0.2) is 4.79 Å². The van der Waals surface area contributed by atoms with Crippen LogP contribution in [-0.2, 0) is 37.9 Å². The molecule has 4 bridgehead atoms. The van der Waals surface area contributed by atoms with Crippen LogP contribution in [0.1, 0.15) is 10.4 Å². The number of aliphatic hydroxyl groups excluding tert-OH is 1. The van der Waals surface area contributed by atoms with Gasteiger partial charge in [0.1, 0.15) is 56.0 Å². The Kier molecular flexibility index (Phi) is 21.0. The number of benzene rings is 2. The molecule has 47 heavy (non-hydrogen) atoms. The number of hydrogen-bond acceptors (Lipinski definition) is 14. The molecule has 0 fully saturated rings. The summed E-state index contributed by atoms with van der Waals surface area (Å²) in [5.74, 6) is 1.76. The Morgan fingerprint density at radius 3 is 1.23 bits per heavy atom. The summed E-state index contributed by atoms with van der Waals surface area (Å²) < 4.78 is 66.8. The fourth-order valence-corrected chi connectivity index (χ4v) is 3.89. The Balaban J connectivity index is 1.44. The van der Waals surface area contributed by atoms with Gasteiger partial charge in [-0.2, -0.15) is 0 Å². The number of carbonyl (C=O) groups is 1. The first kappa shape index (κ1) is 38.2. The lowest BCUT2D eigenvalue weighted by Gasteiger charge is -2.13. The van der Waals surface area contributed by atoms with Gasteiger partial charge < -0.3 is 61.9 Å². The topological polar surface area (TPSA) is 148 Å². The Morgan fingerprint density at radius 2 is 0.851 bits per heavy atom. The lowest BCUT2D eigenvalue weighted by Crippen LogP contribution is -2.15. The molecule has 14 heteroatoms. The van der Waals surface area contributed by atoms with E-state index in [1.165, 1.54) is 0 Å². The van der Waals surface area contributed by atoms with Crippen LogP contribution in [0.4, 0.5) is 0 Å². The quantitative estimate of drug-likeness (QED) is 0.272. The molecule has 0 amide bonds. The summed E-state index contributed by atoms with van der Waals surface area (Å²) in [5, 5.41) is 8.80. The molecule has 2 aliphatic rings. The number of aliphatic hydroxyl groups is 1. The van der Waals surface area contributed by atoms with E-state index in [0.717, 1.165) is 11.5 Å². The maximum atomic E-state index is 12.6. The number of esters is 1. The molecule has 2 aromatic carbocycles. The van der Waals surface area contributed by atoms with Gasteiger partial charge in [-0.05, 0) is 36.4 Å². The van der Waals surface area contributed by atoms with Crippen LogP contribution < -0.4 is 18.9 Å². The van der Waals surface area contributed by atoms with Gasteiger partial charge in [0.25, 0.3) is 0 Å². The van der Waals surface area contributed by atoms with E-state index in [4.69, 9.17) is 61.9 Å². The fourth-order valence-electron chi connectivity index (χ4n) is 3.89. The number of fused-ring (bicyclic) bond motifs is 26. The molecule has 0 saturated carbocycles. The molecule has 2 heterocycles. The van der Waals surface area contributed by atoms with Crippen LogP contribution in [0, 0.1) is 0 Å². The molecule has 0 unspecified atom stereocenters.